The largest absolute Gasteiger partial charge is 0.497 e. The lowest BCUT2D eigenvalue weighted by molar-refractivity contribution is -0.118. The van der Waals surface area contributed by atoms with E-state index in [2.05, 4.69) is 15.3 Å². The predicted octanol–water partition coefficient (Wildman–Crippen LogP) is 4.10. The van der Waals surface area contributed by atoms with E-state index < -0.39 is 0 Å². The molecule has 7 nitrogen and oxygen atoms in total. The zero-order valence-electron chi connectivity index (χ0n) is 16.3. The molecule has 1 aromatic carbocycles. The molecule has 0 unspecified atom stereocenters. The molecule has 8 heteroatoms. The Balaban J connectivity index is 1.43. The maximum Gasteiger partial charge on any atom is 0.264 e. The number of nitrogens with one attached hydrogen (secondary N) is 1. The molecule has 4 aromatic rings. The lowest BCUT2D eigenvalue weighted by atomic mass is 10.1. The Labute approximate surface area is 172 Å². The third-order valence-corrected chi connectivity index (χ3v) is 5.22. The van der Waals surface area contributed by atoms with Crippen LogP contribution in [0, 0.1) is 13.8 Å². The summed E-state index contributed by atoms with van der Waals surface area (Å²) < 4.78 is 12.7. The van der Waals surface area contributed by atoms with Crippen LogP contribution in [-0.2, 0) is 4.79 Å². The standard InChI is InChI=1S/C21H20N4O3S/c1-13-11-25-10-4-5-17(20(25)22-13)28-12-18(26)23-21-24-19(14(2)29-21)15-6-8-16(27-3)9-7-15/h4-11H,12H2,1-3H3,(H,23,24,26). The first kappa shape index (κ1) is 18.9. The van der Waals surface area contributed by atoms with E-state index in [1.807, 2.05) is 61.0 Å². The summed E-state index contributed by atoms with van der Waals surface area (Å²) in [5, 5.41) is 3.35. The number of hydrogen-bond acceptors (Lipinski definition) is 6. The van der Waals surface area contributed by atoms with Crippen molar-refractivity contribution in [1.29, 1.82) is 0 Å². The van der Waals surface area contributed by atoms with Crippen LogP contribution in [0.3, 0.4) is 0 Å². The van der Waals surface area contributed by atoms with Gasteiger partial charge >= 0.3 is 0 Å². The van der Waals surface area contributed by atoms with Crippen molar-refractivity contribution in [3.63, 3.8) is 0 Å². The molecular formula is C21H20N4O3S. The summed E-state index contributed by atoms with van der Waals surface area (Å²) in [7, 11) is 1.63. The van der Waals surface area contributed by atoms with Gasteiger partial charge in [-0.2, -0.15) is 0 Å². The van der Waals surface area contributed by atoms with Crippen molar-refractivity contribution >= 4 is 28.0 Å². The zero-order valence-corrected chi connectivity index (χ0v) is 17.1. The van der Waals surface area contributed by atoms with Gasteiger partial charge in [0.2, 0.25) is 0 Å². The molecule has 0 saturated heterocycles. The number of thiazole rings is 1. The third-order valence-electron chi connectivity index (χ3n) is 4.33. The highest BCUT2D eigenvalue weighted by atomic mass is 32.1. The first-order valence-corrected chi connectivity index (χ1v) is 9.84. The Bertz CT molecular complexity index is 1160. The summed E-state index contributed by atoms with van der Waals surface area (Å²) in [6.45, 7) is 3.77. The number of benzene rings is 1. The highest BCUT2D eigenvalue weighted by molar-refractivity contribution is 7.16. The Kier molecular flexibility index (Phi) is 5.18. The van der Waals surface area contributed by atoms with Crippen LogP contribution in [0.2, 0.25) is 0 Å². The number of aromatic nitrogens is 3. The number of hydrogen-bond donors (Lipinski definition) is 1. The molecule has 0 aliphatic rings. The maximum atomic E-state index is 12.4. The van der Waals surface area contributed by atoms with Crippen LogP contribution in [-0.4, -0.2) is 34.0 Å². The summed E-state index contributed by atoms with van der Waals surface area (Å²) in [6.07, 6.45) is 3.79. The van der Waals surface area contributed by atoms with Crippen molar-refractivity contribution in [1.82, 2.24) is 14.4 Å². The number of imidazole rings is 1. The van der Waals surface area contributed by atoms with Gasteiger partial charge in [-0.1, -0.05) is 0 Å². The van der Waals surface area contributed by atoms with Gasteiger partial charge in [-0.05, 0) is 50.2 Å². The minimum atomic E-state index is -0.273. The van der Waals surface area contributed by atoms with Crippen molar-refractivity contribution in [3.05, 3.63) is 59.4 Å². The number of fused-ring (bicyclic) bond motifs is 1. The van der Waals surface area contributed by atoms with Crippen molar-refractivity contribution in [3.8, 4) is 22.8 Å². The van der Waals surface area contributed by atoms with Gasteiger partial charge < -0.3 is 13.9 Å². The molecule has 1 N–H and O–H groups in total. The average Bonchev–Trinajstić information content (AvgIpc) is 3.28. The van der Waals surface area contributed by atoms with Crippen LogP contribution < -0.4 is 14.8 Å². The second-order valence-corrected chi connectivity index (χ2v) is 7.68. The highest BCUT2D eigenvalue weighted by Gasteiger charge is 2.13. The van der Waals surface area contributed by atoms with E-state index >= 15 is 0 Å². The number of methoxy groups -OCH3 is 1. The number of nitrogens with zero attached hydrogens (tertiary/aromatic N) is 3. The normalized spacial score (nSPS) is 10.9. The van der Waals surface area contributed by atoms with Gasteiger partial charge in [0.25, 0.3) is 5.91 Å². The molecule has 29 heavy (non-hydrogen) atoms. The number of anilines is 1. The second kappa shape index (κ2) is 7.92. The van der Waals surface area contributed by atoms with Crippen LogP contribution in [0.5, 0.6) is 11.5 Å². The molecule has 0 aliphatic heterocycles. The lowest BCUT2D eigenvalue weighted by Gasteiger charge is -2.06. The smallest absolute Gasteiger partial charge is 0.264 e. The topological polar surface area (TPSA) is 77.8 Å². The summed E-state index contributed by atoms with van der Waals surface area (Å²) in [4.78, 5) is 22.4. The molecule has 3 aromatic heterocycles. The van der Waals surface area contributed by atoms with Crippen LogP contribution >= 0.6 is 11.3 Å². The molecular weight excluding hydrogens is 388 g/mol. The predicted molar refractivity (Wildman–Crippen MR) is 113 cm³/mol. The van der Waals surface area contributed by atoms with Gasteiger partial charge in [0.05, 0.1) is 18.5 Å². The van der Waals surface area contributed by atoms with Crippen LogP contribution in [0.4, 0.5) is 5.13 Å². The fourth-order valence-corrected chi connectivity index (χ4v) is 3.84. The minimum Gasteiger partial charge on any atom is -0.497 e. The number of ether oxygens (including phenoxy) is 2. The first-order chi connectivity index (χ1) is 14.0. The number of rotatable bonds is 6. The van der Waals surface area contributed by atoms with E-state index in [9.17, 15) is 4.79 Å². The van der Waals surface area contributed by atoms with E-state index in [-0.39, 0.29) is 12.5 Å². The van der Waals surface area contributed by atoms with E-state index in [4.69, 9.17) is 9.47 Å². The van der Waals surface area contributed by atoms with E-state index in [0.29, 0.717) is 16.5 Å². The molecule has 0 radical (unpaired) electrons. The third kappa shape index (κ3) is 4.07. The fraction of sp³-hybridized carbons (Fsp3) is 0.190. The van der Waals surface area contributed by atoms with Crippen molar-refractivity contribution in [2.75, 3.05) is 19.0 Å². The van der Waals surface area contributed by atoms with Gasteiger partial charge in [0, 0.05) is 22.8 Å². The quantitative estimate of drug-likeness (QED) is 0.520. The van der Waals surface area contributed by atoms with E-state index in [1.54, 1.807) is 13.2 Å². The molecule has 3 heterocycles. The van der Waals surface area contributed by atoms with Gasteiger partial charge in [0.15, 0.2) is 23.1 Å². The SMILES string of the molecule is COc1ccc(-c2nc(NC(=O)COc3cccn4cc(C)nc34)sc2C)cc1. The molecule has 0 atom stereocenters. The second-order valence-electron chi connectivity index (χ2n) is 6.47. The van der Waals surface area contributed by atoms with Crippen molar-refractivity contribution in [2.24, 2.45) is 0 Å². The average molecular weight is 408 g/mol. The van der Waals surface area contributed by atoms with Gasteiger partial charge in [0.1, 0.15) is 5.75 Å². The number of aryl methyl sites for hydroxylation is 2. The minimum absolute atomic E-state index is 0.123. The monoisotopic (exact) mass is 408 g/mol. The molecule has 0 fully saturated rings. The summed E-state index contributed by atoms with van der Waals surface area (Å²) >= 11 is 1.43. The zero-order chi connectivity index (χ0) is 20.4. The van der Waals surface area contributed by atoms with Crippen LogP contribution in [0.25, 0.3) is 16.9 Å². The van der Waals surface area contributed by atoms with Gasteiger partial charge in [-0.15, -0.1) is 11.3 Å². The molecule has 1 amide bonds. The molecule has 4 rings (SSSR count). The van der Waals surface area contributed by atoms with Crippen molar-refractivity contribution < 1.29 is 14.3 Å². The Morgan fingerprint density at radius 2 is 1.97 bits per heavy atom. The maximum absolute atomic E-state index is 12.4. The van der Waals surface area contributed by atoms with Gasteiger partial charge in [-0.25, -0.2) is 9.97 Å². The Hall–Kier alpha value is -3.39. The summed E-state index contributed by atoms with van der Waals surface area (Å²) in [5.41, 5.74) is 3.38. The Morgan fingerprint density at radius 3 is 2.72 bits per heavy atom. The summed E-state index contributed by atoms with van der Waals surface area (Å²) in [6, 6.07) is 11.3. The van der Waals surface area contributed by atoms with Crippen LogP contribution in [0.1, 0.15) is 10.6 Å². The number of pyridine rings is 1. The molecule has 0 saturated carbocycles. The number of carbonyl (C=O) groups excluding carboxylic acids is 1. The highest BCUT2D eigenvalue weighted by Crippen LogP contribution is 2.31. The molecule has 0 aliphatic carbocycles. The van der Waals surface area contributed by atoms with E-state index in [0.717, 1.165) is 27.6 Å². The molecule has 148 valence electrons. The van der Waals surface area contributed by atoms with E-state index in [1.165, 1.54) is 11.3 Å². The molecule has 0 bridgehead atoms. The fourth-order valence-electron chi connectivity index (χ4n) is 2.99. The van der Waals surface area contributed by atoms with Crippen molar-refractivity contribution in [2.45, 2.75) is 13.8 Å². The van der Waals surface area contributed by atoms with Crippen LogP contribution in [0.15, 0.2) is 48.8 Å². The summed E-state index contributed by atoms with van der Waals surface area (Å²) in [5.74, 6) is 1.07. The number of amides is 1. The Morgan fingerprint density at radius 1 is 1.17 bits per heavy atom. The van der Waals surface area contributed by atoms with Gasteiger partial charge in [-0.3, -0.25) is 10.1 Å². The number of carbonyl (C=O) groups is 1. The first-order valence-electron chi connectivity index (χ1n) is 9.02. The lowest BCUT2D eigenvalue weighted by Crippen LogP contribution is -2.20. The molecule has 0 spiro atoms.